The first-order chi connectivity index (χ1) is 14.2. The van der Waals surface area contributed by atoms with Gasteiger partial charge in [0, 0.05) is 45.5 Å². The van der Waals surface area contributed by atoms with E-state index in [9.17, 15) is 13.2 Å². The van der Waals surface area contributed by atoms with Gasteiger partial charge >= 0.3 is 6.18 Å². The van der Waals surface area contributed by atoms with Crippen LogP contribution in [0.2, 0.25) is 0 Å². The molecule has 0 saturated carbocycles. The van der Waals surface area contributed by atoms with Crippen LogP contribution in [0.25, 0.3) is 5.69 Å². The second-order valence-corrected chi connectivity index (χ2v) is 7.61. The molecule has 1 aliphatic rings. The number of aryl methyl sites for hydroxylation is 2. The average molecular weight is 422 g/mol. The van der Waals surface area contributed by atoms with Crippen molar-refractivity contribution in [2.24, 2.45) is 4.99 Å². The number of nitrogens with one attached hydrogen (secondary N) is 1. The molecule has 6 nitrogen and oxygen atoms in total. The third-order valence-corrected chi connectivity index (χ3v) is 5.51. The largest absolute Gasteiger partial charge is 0.403 e. The SMILES string of the molecule is CN=C(NCc1ccccc1-n1nc(C)cc1C)N1CCN(C(C)C(F)(F)F)CC1. The maximum absolute atomic E-state index is 13.0. The van der Waals surface area contributed by atoms with Gasteiger partial charge in [-0.3, -0.25) is 9.89 Å². The van der Waals surface area contributed by atoms with E-state index in [4.69, 9.17) is 0 Å². The predicted molar refractivity (Wildman–Crippen MR) is 112 cm³/mol. The number of hydrogen-bond donors (Lipinski definition) is 1. The number of aliphatic imine (C=N–C) groups is 1. The molecule has 1 aromatic heterocycles. The van der Waals surface area contributed by atoms with Crippen LogP contribution < -0.4 is 5.32 Å². The van der Waals surface area contributed by atoms with Crippen molar-refractivity contribution in [1.29, 1.82) is 0 Å². The van der Waals surface area contributed by atoms with Crippen LogP contribution in [0.1, 0.15) is 23.9 Å². The Balaban J connectivity index is 1.65. The molecule has 1 atom stereocenters. The highest BCUT2D eigenvalue weighted by Crippen LogP contribution is 2.25. The Morgan fingerprint density at radius 3 is 2.40 bits per heavy atom. The van der Waals surface area contributed by atoms with Crippen molar-refractivity contribution >= 4 is 5.96 Å². The molecule has 30 heavy (non-hydrogen) atoms. The van der Waals surface area contributed by atoms with E-state index in [2.05, 4.69) is 15.4 Å². The van der Waals surface area contributed by atoms with E-state index in [-0.39, 0.29) is 0 Å². The number of halogens is 3. The van der Waals surface area contributed by atoms with Gasteiger partial charge in [-0.05, 0) is 38.5 Å². The Labute approximate surface area is 175 Å². The highest BCUT2D eigenvalue weighted by molar-refractivity contribution is 5.80. The summed E-state index contributed by atoms with van der Waals surface area (Å²) in [6, 6.07) is 8.62. The fourth-order valence-corrected chi connectivity index (χ4v) is 3.77. The normalized spacial score (nSPS) is 17.3. The molecular formula is C21H29F3N6. The molecule has 2 aromatic rings. The molecule has 1 N–H and O–H groups in total. The van der Waals surface area contributed by atoms with Gasteiger partial charge in [-0.1, -0.05) is 18.2 Å². The van der Waals surface area contributed by atoms with Crippen LogP contribution in [0.4, 0.5) is 13.2 Å². The minimum atomic E-state index is -4.20. The highest BCUT2D eigenvalue weighted by Gasteiger charge is 2.41. The van der Waals surface area contributed by atoms with Gasteiger partial charge in [0.1, 0.15) is 6.04 Å². The van der Waals surface area contributed by atoms with Gasteiger partial charge in [0.2, 0.25) is 0 Å². The van der Waals surface area contributed by atoms with Crippen molar-refractivity contribution in [3.8, 4) is 5.69 Å². The van der Waals surface area contributed by atoms with E-state index < -0.39 is 12.2 Å². The van der Waals surface area contributed by atoms with Crippen molar-refractivity contribution in [3.05, 3.63) is 47.3 Å². The number of piperazine rings is 1. The van der Waals surface area contributed by atoms with Gasteiger partial charge < -0.3 is 10.2 Å². The number of hydrogen-bond acceptors (Lipinski definition) is 3. The minimum Gasteiger partial charge on any atom is -0.352 e. The fourth-order valence-electron chi connectivity index (χ4n) is 3.77. The molecule has 164 valence electrons. The van der Waals surface area contributed by atoms with E-state index in [0.29, 0.717) is 38.7 Å². The van der Waals surface area contributed by atoms with Crippen LogP contribution in [0.15, 0.2) is 35.3 Å². The van der Waals surface area contributed by atoms with Crippen molar-refractivity contribution in [2.75, 3.05) is 33.2 Å². The fraction of sp³-hybridized carbons (Fsp3) is 0.524. The topological polar surface area (TPSA) is 48.7 Å². The third kappa shape index (κ3) is 4.95. The van der Waals surface area contributed by atoms with E-state index >= 15 is 0 Å². The Hall–Kier alpha value is -2.55. The van der Waals surface area contributed by atoms with Gasteiger partial charge in [0.25, 0.3) is 0 Å². The summed E-state index contributed by atoms with van der Waals surface area (Å²) in [5, 5.41) is 7.93. The van der Waals surface area contributed by atoms with Crippen LogP contribution in [0, 0.1) is 13.8 Å². The van der Waals surface area contributed by atoms with Crippen LogP contribution >= 0.6 is 0 Å². The smallest absolute Gasteiger partial charge is 0.352 e. The van der Waals surface area contributed by atoms with E-state index in [1.807, 2.05) is 53.8 Å². The quantitative estimate of drug-likeness (QED) is 0.608. The van der Waals surface area contributed by atoms with Gasteiger partial charge in [-0.15, -0.1) is 0 Å². The van der Waals surface area contributed by atoms with Crippen molar-refractivity contribution < 1.29 is 13.2 Å². The lowest BCUT2D eigenvalue weighted by Crippen LogP contribution is -2.56. The Morgan fingerprint density at radius 1 is 1.17 bits per heavy atom. The molecule has 1 aliphatic heterocycles. The summed E-state index contributed by atoms with van der Waals surface area (Å²) in [6.45, 7) is 7.45. The molecular weight excluding hydrogens is 393 g/mol. The second kappa shape index (κ2) is 9.07. The van der Waals surface area contributed by atoms with Gasteiger partial charge in [0.05, 0.1) is 11.4 Å². The van der Waals surface area contributed by atoms with Crippen LogP contribution in [-0.2, 0) is 6.54 Å². The summed E-state index contributed by atoms with van der Waals surface area (Å²) in [5.41, 5.74) is 4.07. The molecule has 2 heterocycles. The number of rotatable bonds is 4. The molecule has 0 bridgehead atoms. The summed E-state index contributed by atoms with van der Waals surface area (Å²) in [6.07, 6.45) is -4.20. The maximum Gasteiger partial charge on any atom is 0.403 e. The average Bonchev–Trinajstić information content (AvgIpc) is 3.06. The molecule has 1 fully saturated rings. The summed E-state index contributed by atoms with van der Waals surface area (Å²) in [5.74, 6) is 0.692. The Morgan fingerprint density at radius 2 is 1.83 bits per heavy atom. The van der Waals surface area contributed by atoms with Gasteiger partial charge in [-0.2, -0.15) is 18.3 Å². The zero-order valence-electron chi connectivity index (χ0n) is 17.9. The van der Waals surface area contributed by atoms with Gasteiger partial charge in [-0.25, -0.2) is 4.68 Å². The molecule has 9 heteroatoms. The molecule has 0 radical (unpaired) electrons. The summed E-state index contributed by atoms with van der Waals surface area (Å²) in [4.78, 5) is 7.82. The molecule has 0 aliphatic carbocycles. The first-order valence-electron chi connectivity index (χ1n) is 10.1. The zero-order chi connectivity index (χ0) is 21.9. The maximum atomic E-state index is 13.0. The molecule has 1 aromatic carbocycles. The lowest BCUT2D eigenvalue weighted by atomic mass is 10.1. The number of guanidine groups is 1. The van der Waals surface area contributed by atoms with Crippen LogP contribution in [-0.4, -0.2) is 71.0 Å². The number of alkyl halides is 3. The predicted octanol–water partition coefficient (Wildman–Crippen LogP) is 3.13. The van der Waals surface area contributed by atoms with Crippen molar-refractivity contribution in [3.63, 3.8) is 0 Å². The van der Waals surface area contributed by atoms with Crippen LogP contribution in [0.3, 0.4) is 0 Å². The molecule has 1 saturated heterocycles. The summed E-state index contributed by atoms with van der Waals surface area (Å²) < 4.78 is 40.8. The highest BCUT2D eigenvalue weighted by atomic mass is 19.4. The molecule has 0 amide bonds. The lowest BCUT2D eigenvalue weighted by Gasteiger charge is -2.39. The van der Waals surface area contributed by atoms with Crippen LogP contribution in [0.5, 0.6) is 0 Å². The number of benzene rings is 1. The van der Waals surface area contributed by atoms with Crippen molar-refractivity contribution in [1.82, 2.24) is 24.9 Å². The lowest BCUT2D eigenvalue weighted by molar-refractivity contribution is -0.181. The van der Waals surface area contributed by atoms with E-state index in [1.165, 1.54) is 11.8 Å². The van der Waals surface area contributed by atoms with Gasteiger partial charge in [0.15, 0.2) is 5.96 Å². The third-order valence-electron chi connectivity index (χ3n) is 5.51. The zero-order valence-corrected chi connectivity index (χ0v) is 17.9. The standard InChI is InChI=1S/C21H29F3N6/c1-15-13-16(2)30(27-15)19-8-6-5-7-18(19)14-26-20(25-4)29-11-9-28(10-12-29)17(3)21(22,23)24/h5-8,13,17H,9-12,14H2,1-4H3,(H,25,26). The number of aromatic nitrogens is 2. The van der Waals surface area contributed by atoms with E-state index in [0.717, 1.165) is 22.6 Å². The Kier molecular flexibility index (Phi) is 6.70. The Bertz CT molecular complexity index is 881. The van der Waals surface area contributed by atoms with Crippen molar-refractivity contribution in [2.45, 2.75) is 39.5 Å². The number of para-hydroxylation sites is 1. The molecule has 3 rings (SSSR count). The molecule has 1 unspecified atom stereocenters. The minimum absolute atomic E-state index is 0.351. The first kappa shape index (κ1) is 22.1. The second-order valence-electron chi connectivity index (χ2n) is 7.61. The summed E-state index contributed by atoms with van der Waals surface area (Å²) >= 11 is 0. The first-order valence-corrected chi connectivity index (χ1v) is 10.1. The summed E-state index contributed by atoms with van der Waals surface area (Å²) in [7, 11) is 1.69. The van der Waals surface area contributed by atoms with E-state index in [1.54, 1.807) is 7.05 Å². The number of nitrogens with zero attached hydrogens (tertiary/aromatic N) is 5. The molecule has 0 spiro atoms. The monoisotopic (exact) mass is 422 g/mol.